The predicted octanol–water partition coefficient (Wildman–Crippen LogP) is 2.83. The van der Waals surface area contributed by atoms with Gasteiger partial charge in [-0.3, -0.25) is 4.90 Å². The molecule has 1 aliphatic rings. The second-order valence-electron chi connectivity index (χ2n) is 5.77. The first-order valence-electron chi connectivity index (χ1n) is 7.91. The van der Waals surface area contributed by atoms with Gasteiger partial charge in [-0.05, 0) is 35.7 Å². The van der Waals surface area contributed by atoms with E-state index in [2.05, 4.69) is 19.9 Å². The average molecular weight is 342 g/mol. The van der Waals surface area contributed by atoms with E-state index in [1.165, 1.54) is 0 Å². The number of aromatic hydroxyl groups is 1. The quantitative estimate of drug-likeness (QED) is 0.786. The van der Waals surface area contributed by atoms with Crippen molar-refractivity contribution in [3.63, 3.8) is 0 Å². The summed E-state index contributed by atoms with van der Waals surface area (Å²) in [5, 5.41) is 15.4. The topological polar surface area (TPSA) is 65.6 Å². The number of aromatic nitrogens is 2. The summed E-state index contributed by atoms with van der Waals surface area (Å²) < 4.78 is 5.38. The van der Waals surface area contributed by atoms with Crippen LogP contribution < -0.4 is 4.90 Å². The highest BCUT2D eigenvalue weighted by atomic mass is 32.1. The van der Waals surface area contributed by atoms with Gasteiger partial charge in [0, 0.05) is 31.9 Å². The number of hydrogen-bond acceptors (Lipinski definition) is 7. The lowest BCUT2D eigenvalue weighted by Crippen LogP contribution is -2.46. The number of anilines is 1. The maximum absolute atomic E-state index is 9.38. The van der Waals surface area contributed by atoms with Crippen molar-refractivity contribution < 1.29 is 9.63 Å². The second kappa shape index (κ2) is 6.62. The van der Waals surface area contributed by atoms with Crippen molar-refractivity contribution in [3.8, 4) is 16.5 Å². The molecule has 124 valence electrons. The molecule has 6 nitrogen and oxygen atoms in total. The third-order valence-electron chi connectivity index (χ3n) is 4.16. The Bertz CT molecular complexity index is 777. The minimum Gasteiger partial charge on any atom is -0.508 e. The molecule has 1 N–H and O–H groups in total. The normalized spacial score (nSPS) is 15.8. The van der Waals surface area contributed by atoms with Crippen LogP contribution in [0.2, 0.25) is 0 Å². The Morgan fingerprint density at radius 2 is 1.88 bits per heavy atom. The third kappa shape index (κ3) is 3.27. The minimum absolute atomic E-state index is 0.301. The Labute approximate surface area is 144 Å². The van der Waals surface area contributed by atoms with Gasteiger partial charge < -0.3 is 14.5 Å². The fourth-order valence-corrected chi connectivity index (χ4v) is 3.49. The number of phenols is 1. The molecule has 1 aliphatic heterocycles. The fraction of sp³-hybridized carbons (Fsp3) is 0.294. The molecular weight excluding hydrogens is 324 g/mol. The van der Waals surface area contributed by atoms with Crippen LogP contribution >= 0.6 is 11.3 Å². The highest BCUT2D eigenvalue weighted by Crippen LogP contribution is 2.23. The van der Waals surface area contributed by atoms with E-state index >= 15 is 0 Å². The number of nitrogens with zero attached hydrogens (tertiary/aromatic N) is 4. The number of hydrogen-bond donors (Lipinski definition) is 1. The zero-order valence-electron chi connectivity index (χ0n) is 13.1. The summed E-state index contributed by atoms with van der Waals surface area (Å²) in [6.07, 6.45) is 0. The Kier molecular flexibility index (Phi) is 4.18. The molecule has 0 radical (unpaired) electrons. The van der Waals surface area contributed by atoms with E-state index in [-0.39, 0.29) is 0 Å². The summed E-state index contributed by atoms with van der Waals surface area (Å²) in [6.45, 7) is 4.45. The first-order chi connectivity index (χ1) is 11.8. The highest BCUT2D eigenvalue weighted by molar-refractivity contribution is 7.13. The van der Waals surface area contributed by atoms with Crippen LogP contribution in [0, 0.1) is 0 Å². The van der Waals surface area contributed by atoms with Crippen LogP contribution in [-0.2, 0) is 6.54 Å². The van der Waals surface area contributed by atoms with E-state index in [9.17, 15) is 5.11 Å². The highest BCUT2D eigenvalue weighted by Gasteiger charge is 2.20. The maximum Gasteiger partial charge on any atom is 0.241 e. The van der Waals surface area contributed by atoms with Gasteiger partial charge >= 0.3 is 0 Å². The number of phenolic OH excluding ortho intramolecular Hbond substituents is 1. The van der Waals surface area contributed by atoms with Crippen LogP contribution in [0.3, 0.4) is 0 Å². The molecular formula is C17H18N4O2S. The van der Waals surface area contributed by atoms with Gasteiger partial charge in [0.05, 0.1) is 11.4 Å². The Hall–Kier alpha value is -2.38. The van der Waals surface area contributed by atoms with Crippen LogP contribution in [0.15, 0.2) is 46.3 Å². The molecule has 3 heterocycles. The summed E-state index contributed by atoms with van der Waals surface area (Å²) in [5.41, 5.74) is 1.14. The molecule has 0 atom stereocenters. The standard InChI is InChI=1S/C17H18N4O2S/c22-14-5-3-13(4-6-14)21-9-7-20(8-10-21)12-16-18-17(19-23-16)15-2-1-11-24-15/h1-6,11,22H,7-10,12H2. The molecule has 4 rings (SSSR count). The lowest BCUT2D eigenvalue weighted by atomic mass is 10.2. The molecule has 3 aromatic rings. The smallest absolute Gasteiger partial charge is 0.241 e. The number of piperazine rings is 1. The van der Waals surface area contributed by atoms with Crippen molar-refractivity contribution in [1.82, 2.24) is 15.0 Å². The minimum atomic E-state index is 0.301. The Morgan fingerprint density at radius 3 is 2.58 bits per heavy atom. The van der Waals surface area contributed by atoms with Gasteiger partial charge in [0.15, 0.2) is 0 Å². The second-order valence-corrected chi connectivity index (χ2v) is 6.72. The van der Waals surface area contributed by atoms with Crippen LogP contribution in [0.5, 0.6) is 5.75 Å². The van der Waals surface area contributed by atoms with Gasteiger partial charge in [0.25, 0.3) is 0 Å². The molecule has 24 heavy (non-hydrogen) atoms. The lowest BCUT2D eigenvalue weighted by molar-refractivity contribution is 0.215. The summed E-state index contributed by atoms with van der Waals surface area (Å²) in [4.78, 5) is 10.2. The van der Waals surface area contributed by atoms with Gasteiger partial charge in [0.1, 0.15) is 5.75 Å². The first-order valence-corrected chi connectivity index (χ1v) is 8.79. The maximum atomic E-state index is 9.38. The van der Waals surface area contributed by atoms with Gasteiger partial charge in [-0.25, -0.2) is 0 Å². The fourth-order valence-electron chi connectivity index (χ4n) is 2.84. The van der Waals surface area contributed by atoms with Crippen LogP contribution in [0.25, 0.3) is 10.7 Å². The third-order valence-corrected chi connectivity index (χ3v) is 5.02. The van der Waals surface area contributed by atoms with Gasteiger partial charge in [-0.15, -0.1) is 11.3 Å². The molecule has 0 aliphatic carbocycles. The number of rotatable bonds is 4. The number of thiophene rings is 1. The molecule has 0 saturated carbocycles. The summed E-state index contributed by atoms with van der Waals surface area (Å²) in [6, 6.07) is 11.3. The van der Waals surface area contributed by atoms with Crippen molar-refractivity contribution in [3.05, 3.63) is 47.7 Å². The van der Waals surface area contributed by atoms with E-state index < -0.39 is 0 Å². The zero-order valence-corrected chi connectivity index (χ0v) is 13.9. The molecule has 1 saturated heterocycles. The van der Waals surface area contributed by atoms with Crippen molar-refractivity contribution in [1.29, 1.82) is 0 Å². The van der Waals surface area contributed by atoms with Gasteiger partial charge in [-0.2, -0.15) is 4.98 Å². The van der Waals surface area contributed by atoms with Crippen LogP contribution in [0.1, 0.15) is 5.89 Å². The van der Waals surface area contributed by atoms with E-state index in [1.807, 2.05) is 29.6 Å². The molecule has 0 bridgehead atoms. The number of benzene rings is 1. The average Bonchev–Trinajstić information content (AvgIpc) is 3.28. The first kappa shape index (κ1) is 15.2. The molecule has 1 aromatic carbocycles. The van der Waals surface area contributed by atoms with Gasteiger partial charge in [-0.1, -0.05) is 11.2 Å². The van der Waals surface area contributed by atoms with Crippen molar-refractivity contribution in [2.24, 2.45) is 0 Å². The summed E-state index contributed by atoms with van der Waals surface area (Å²) in [5.74, 6) is 1.63. The molecule has 0 amide bonds. The monoisotopic (exact) mass is 342 g/mol. The van der Waals surface area contributed by atoms with Crippen molar-refractivity contribution >= 4 is 17.0 Å². The SMILES string of the molecule is Oc1ccc(N2CCN(Cc3nc(-c4cccs4)no3)CC2)cc1. The van der Waals surface area contributed by atoms with Gasteiger partial charge in [0.2, 0.25) is 11.7 Å². The molecule has 1 fully saturated rings. The van der Waals surface area contributed by atoms with Crippen LogP contribution in [0.4, 0.5) is 5.69 Å². The van der Waals surface area contributed by atoms with Crippen molar-refractivity contribution in [2.75, 3.05) is 31.1 Å². The zero-order chi connectivity index (χ0) is 16.4. The molecule has 0 unspecified atom stereocenters. The van der Waals surface area contributed by atoms with E-state index in [1.54, 1.807) is 23.5 Å². The largest absolute Gasteiger partial charge is 0.508 e. The molecule has 0 spiro atoms. The summed E-state index contributed by atoms with van der Waals surface area (Å²) in [7, 11) is 0. The van der Waals surface area contributed by atoms with E-state index in [0.29, 0.717) is 24.0 Å². The molecule has 2 aromatic heterocycles. The van der Waals surface area contributed by atoms with E-state index in [0.717, 1.165) is 36.7 Å². The Balaban J connectivity index is 1.34. The summed E-state index contributed by atoms with van der Waals surface area (Å²) >= 11 is 1.61. The van der Waals surface area contributed by atoms with Crippen molar-refractivity contribution in [2.45, 2.75) is 6.54 Å². The van der Waals surface area contributed by atoms with Crippen LogP contribution in [-0.4, -0.2) is 46.3 Å². The molecule has 7 heteroatoms. The van der Waals surface area contributed by atoms with E-state index in [4.69, 9.17) is 4.52 Å². The predicted molar refractivity (Wildman–Crippen MR) is 93.2 cm³/mol. The lowest BCUT2D eigenvalue weighted by Gasteiger charge is -2.35. The Morgan fingerprint density at radius 1 is 1.08 bits per heavy atom.